The zero-order valence-corrected chi connectivity index (χ0v) is 11.3. The van der Waals surface area contributed by atoms with Crippen molar-refractivity contribution in [2.24, 2.45) is 0 Å². The first-order chi connectivity index (χ1) is 8.19. The molecule has 0 fully saturated rings. The van der Waals surface area contributed by atoms with E-state index in [1.807, 2.05) is 25.1 Å². The molecule has 0 spiro atoms. The van der Waals surface area contributed by atoms with Crippen molar-refractivity contribution in [1.29, 1.82) is 0 Å². The lowest BCUT2D eigenvalue weighted by Crippen LogP contribution is -2.04. The Morgan fingerprint density at radius 1 is 1.47 bits per heavy atom. The van der Waals surface area contributed by atoms with Crippen LogP contribution in [0.15, 0.2) is 22.6 Å². The molecule has 0 bridgehead atoms. The second kappa shape index (κ2) is 4.92. The lowest BCUT2D eigenvalue weighted by molar-refractivity contribution is 0.0491. The number of hydrogen-bond donors (Lipinski definition) is 0. The van der Waals surface area contributed by atoms with Crippen molar-refractivity contribution in [2.75, 3.05) is 6.61 Å². The molecule has 4 heteroatoms. The van der Waals surface area contributed by atoms with Crippen LogP contribution >= 0.6 is 15.9 Å². The molecule has 0 amide bonds. The Morgan fingerprint density at radius 2 is 2.24 bits per heavy atom. The third-order valence-electron chi connectivity index (χ3n) is 2.64. The first-order valence-electron chi connectivity index (χ1n) is 5.43. The van der Waals surface area contributed by atoms with Gasteiger partial charge in [0.05, 0.1) is 6.61 Å². The van der Waals surface area contributed by atoms with E-state index in [2.05, 4.69) is 15.9 Å². The van der Waals surface area contributed by atoms with Gasteiger partial charge in [-0.15, -0.1) is 0 Å². The van der Waals surface area contributed by atoms with Crippen LogP contribution < -0.4 is 0 Å². The minimum absolute atomic E-state index is 0.301. The number of benzene rings is 1. The van der Waals surface area contributed by atoms with E-state index in [0.29, 0.717) is 12.4 Å². The number of carbonyl (C=O) groups excluding carboxylic acids is 1. The average Bonchev–Trinajstić information content (AvgIpc) is 2.67. The van der Waals surface area contributed by atoms with Crippen molar-refractivity contribution < 1.29 is 13.9 Å². The van der Waals surface area contributed by atoms with E-state index >= 15 is 0 Å². The lowest BCUT2D eigenvalue weighted by atomic mass is 10.1. The highest BCUT2D eigenvalue weighted by Gasteiger charge is 2.19. The van der Waals surface area contributed by atoms with Gasteiger partial charge in [0.2, 0.25) is 5.76 Å². The molecule has 0 unspecified atom stereocenters. The van der Waals surface area contributed by atoms with Gasteiger partial charge < -0.3 is 9.15 Å². The number of esters is 1. The van der Waals surface area contributed by atoms with Gasteiger partial charge in [0.15, 0.2) is 0 Å². The Morgan fingerprint density at radius 3 is 2.88 bits per heavy atom. The van der Waals surface area contributed by atoms with Crippen LogP contribution in [0.1, 0.15) is 28.6 Å². The maximum atomic E-state index is 11.7. The van der Waals surface area contributed by atoms with E-state index in [1.54, 1.807) is 6.92 Å². The maximum absolute atomic E-state index is 11.7. The smallest absolute Gasteiger partial charge is 0.374 e. The number of rotatable bonds is 3. The summed E-state index contributed by atoms with van der Waals surface area (Å²) >= 11 is 3.43. The van der Waals surface area contributed by atoms with Crippen molar-refractivity contribution >= 4 is 32.9 Å². The van der Waals surface area contributed by atoms with E-state index in [4.69, 9.17) is 9.15 Å². The van der Waals surface area contributed by atoms with Crippen LogP contribution in [-0.4, -0.2) is 12.6 Å². The Bertz CT molecular complexity index is 557. The molecule has 0 aliphatic rings. The van der Waals surface area contributed by atoms with Gasteiger partial charge in [-0.25, -0.2) is 4.79 Å². The molecular weight excluding hydrogens is 284 g/mol. The Hall–Kier alpha value is -1.29. The SMILES string of the molecule is CCOC(=O)c1oc2cccc(CBr)c2c1C. The number of carbonyl (C=O) groups is 1. The standard InChI is InChI=1S/C13H13BrO3/c1-3-16-13(15)12-8(2)11-9(7-14)5-4-6-10(11)17-12/h4-6H,3,7H2,1-2H3. The number of aryl methyl sites for hydroxylation is 1. The van der Waals surface area contributed by atoms with Crippen molar-refractivity contribution in [3.8, 4) is 0 Å². The largest absolute Gasteiger partial charge is 0.460 e. The van der Waals surface area contributed by atoms with Crippen molar-refractivity contribution in [3.05, 3.63) is 35.1 Å². The van der Waals surface area contributed by atoms with Gasteiger partial charge in [0.1, 0.15) is 5.58 Å². The summed E-state index contributed by atoms with van der Waals surface area (Å²) < 4.78 is 10.5. The van der Waals surface area contributed by atoms with Crippen LogP contribution in [0.25, 0.3) is 11.0 Å². The molecule has 1 aromatic heterocycles. The molecule has 0 aliphatic heterocycles. The van der Waals surface area contributed by atoms with Crippen LogP contribution in [0, 0.1) is 6.92 Å². The summed E-state index contributed by atoms with van der Waals surface area (Å²) in [4.78, 5) is 11.7. The summed E-state index contributed by atoms with van der Waals surface area (Å²) in [6.45, 7) is 4.00. The lowest BCUT2D eigenvalue weighted by Gasteiger charge is -1.99. The number of ether oxygens (including phenoxy) is 1. The van der Waals surface area contributed by atoms with Crippen LogP contribution in [-0.2, 0) is 10.1 Å². The van der Waals surface area contributed by atoms with Gasteiger partial charge in [-0.2, -0.15) is 0 Å². The number of halogens is 1. The van der Waals surface area contributed by atoms with E-state index in [9.17, 15) is 4.79 Å². The van der Waals surface area contributed by atoms with Crippen LogP contribution in [0.5, 0.6) is 0 Å². The summed E-state index contributed by atoms with van der Waals surface area (Å²) in [5, 5.41) is 1.72. The van der Waals surface area contributed by atoms with E-state index in [0.717, 1.165) is 27.4 Å². The third-order valence-corrected chi connectivity index (χ3v) is 3.25. The Labute approximate surface area is 108 Å². The van der Waals surface area contributed by atoms with Crippen molar-refractivity contribution in [3.63, 3.8) is 0 Å². The topological polar surface area (TPSA) is 39.4 Å². The van der Waals surface area contributed by atoms with Gasteiger partial charge in [0, 0.05) is 16.3 Å². The normalized spacial score (nSPS) is 10.8. The predicted octanol–water partition coefficient (Wildman–Crippen LogP) is 3.81. The van der Waals surface area contributed by atoms with Gasteiger partial charge in [0.25, 0.3) is 0 Å². The molecule has 90 valence electrons. The molecular formula is C13H13BrO3. The minimum atomic E-state index is -0.401. The summed E-state index contributed by atoms with van der Waals surface area (Å²) in [6.07, 6.45) is 0. The maximum Gasteiger partial charge on any atom is 0.374 e. The minimum Gasteiger partial charge on any atom is -0.460 e. The van der Waals surface area contributed by atoms with Crippen molar-refractivity contribution in [1.82, 2.24) is 0 Å². The number of furan rings is 1. The van der Waals surface area contributed by atoms with E-state index in [-0.39, 0.29) is 0 Å². The molecule has 1 heterocycles. The molecule has 2 rings (SSSR count). The zero-order valence-electron chi connectivity index (χ0n) is 9.75. The fourth-order valence-electron chi connectivity index (χ4n) is 1.89. The summed E-state index contributed by atoms with van der Waals surface area (Å²) in [7, 11) is 0. The Balaban J connectivity index is 2.61. The number of hydrogen-bond acceptors (Lipinski definition) is 3. The monoisotopic (exact) mass is 296 g/mol. The second-order valence-corrected chi connectivity index (χ2v) is 4.26. The molecule has 2 aromatic rings. The molecule has 0 aliphatic carbocycles. The number of fused-ring (bicyclic) bond motifs is 1. The highest BCUT2D eigenvalue weighted by atomic mass is 79.9. The molecule has 0 radical (unpaired) electrons. The fraction of sp³-hybridized carbons (Fsp3) is 0.308. The van der Waals surface area contributed by atoms with Gasteiger partial charge >= 0.3 is 5.97 Å². The fourth-order valence-corrected chi connectivity index (χ4v) is 2.36. The molecule has 0 N–H and O–H groups in total. The molecule has 17 heavy (non-hydrogen) atoms. The van der Waals surface area contributed by atoms with Gasteiger partial charge in [-0.1, -0.05) is 28.1 Å². The van der Waals surface area contributed by atoms with Crippen molar-refractivity contribution in [2.45, 2.75) is 19.2 Å². The molecule has 1 aromatic carbocycles. The highest BCUT2D eigenvalue weighted by Crippen LogP contribution is 2.29. The molecule has 0 saturated heterocycles. The Kier molecular flexibility index (Phi) is 3.52. The first-order valence-corrected chi connectivity index (χ1v) is 6.55. The first kappa shape index (κ1) is 12.2. The van der Waals surface area contributed by atoms with Crippen LogP contribution in [0.2, 0.25) is 0 Å². The second-order valence-electron chi connectivity index (χ2n) is 3.70. The summed E-state index contributed by atoms with van der Waals surface area (Å²) in [6, 6.07) is 5.78. The van der Waals surface area contributed by atoms with Gasteiger partial charge in [-0.3, -0.25) is 0 Å². The van der Waals surface area contributed by atoms with E-state index < -0.39 is 5.97 Å². The number of alkyl halides is 1. The van der Waals surface area contributed by atoms with Gasteiger partial charge in [-0.05, 0) is 25.5 Å². The third kappa shape index (κ3) is 2.09. The zero-order chi connectivity index (χ0) is 12.4. The molecule has 0 saturated carbocycles. The summed E-state index contributed by atoms with van der Waals surface area (Å²) in [5.41, 5.74) is 2.68. The molecule has 3 nitrogen and oxygen atoms in total. The van der Waals surface area contributed by atoms with E-state index in [1.165, 1.54) is 0 Å². The summed E-state index contributed by atoms with van der Waals surface area (Å²) in [5.74, 6) is -0.100. The predicted molar refractivity (Wildman–Crippen MR) is 69.5 cm³/mol. The quantitative estimate of drug-likeness (QED) is 0.639. The average molecular weight is 297 g/mol. The van der Waals surface area contributed by atoms with Crippen LogP contribution in [0.4, 0.5) is 0 Å². The van der Waals surface area contributed by atoms with Crippen LogP contribution in [0.3, 0.4) is 0 Å². The highest BCUT2D eigenvalue weighted by molar-refractivity contribution is 9.08. The molecule has 0 atom stereocenters.